The first-order valence-corrected chi connectivity index (χ1v) is 5.79. The van der Waals surface area contributed by atoms with Crippen molar-refractivity contribution in [1.29, 1.82) is 0 Å². The highest BCUT2D eigenvalue weighted by atomic mass is 35.5. The molecule has 2 heterocycles. The van der Waals surface area contributed by atoms with Gasteiger partial charge < -0.3 is 15.4 Å². The zero-order valence-electron chi connectivity index (χ0n) is 9.57. The lowest BCUT2D eigenvalue weighted by Crippen LogP contribution is -2.43. The molecule has 0 radical (unpaired) electrons. The summed E-state index contributed by atoms with van der Waals surface area (Å²) in [5.41, 5.74) is 1.43. The minimum atomic E-state index is -0.708. The highest BCUT2D eigenvalue weighted by Gasteiger charge is 2.32. The van der Waals surface area contributed by atoms with Crippen LogP contribution < -0.4 is 5.32 Å². The molecule has 4 heteroatoms. The standard InChI is InChI=1S/C13H16N2O.ClH/c16-13(6-2-7-14-9-13)11-3-1-4-12-10(11)5-8-15-12;/h1,3-5,8,14-16H,2,6-7,9H2;1H. The van der Waals surface area contributed by atoms with Crippen LogP contribution >= 0.6 is 12.4 Å². The number of hydrogen-bond donors (Lipinski definition) is 3. The first-order valence-electron chi connectivity index (χ1n) is 5.79. The Bertz CT molecular complexity index is 503. The summed E-state index contributed by atoms with van der Waals surface area (Å²) in [7, 11) is 0. The van der Waals surface area contributed by atoms with Crippen LogP contribution in [0, 0.1) is 0 Å². The number of piperidine rings is 1. The highest BCUT2D eigenvalue weighted by molar-refractivity contribution is 5.85. The van der Waals surface area contributed by atoms with Crippen LogP contribution in [-0.2, 0) is 5.60 Å². The Hall–Kier alpha value is -1.03. The molecule has 3 N–H and O–H groups in total. The molecule has 1 aromatic carbocycles. The number of aromatic nitrogens is 1. The third-order valence-corrected chi connectivity index (χ3v) is 3.46. The molecule has 0 saturated carbocycles. The maximum absolute atomic E-state index is 10.7. The van der Waals surface area contributed by atoms with Crippen LogP contribution in [0.25, 0.3) is 10.9 Å². The molecule has 1 aromatic heterocycles. The number of hydrogen-bond acceptors (Lipinski definition) is 2. The predicted octanol–water partition coefficient (Wildman–Crippen LogP) is 2.16. The van der Waals surface area contributed by atoms with Gasteiger partial charge in [-0.25, -0.2) is 0 Å². The number of fused-ring (bicyclic) bond motifs is 1. The van der Waals surface area contributed by atoms with Gasteiger partial charge in [-0.15, -0.1) is 12.4 Å². The van der Waals surface area contributed by atoms with Crippen LogP contribution in [0.4, 0.5) is 0 Å². The molecule has 1 aliphatic heterocycles. The van der Waals surface area contributed by atoms with Gasteiger partial charge in [-0.2, -0.15) is 0 Å². The summed E-state index contributed by atoms with van der Waals surface area (Å²) in [5.74, 6) is 0. The molecule has 2 aromatic rings. The molecule has 1 fully saturated rings. The summed E-state index contributed by atoms with van der Waals surface area (Å²) in [6, 6.07) is 8.11. The zero-order chi connectivity index (χ0) is 11.0. The predicted molar refractivity (Wildman–Crippen MR) is 71.5 cm³/mol. The molecule has 1 atom stereocenters. The van der Waals surface area contributed by atoms with E-state index in [1.165, 1.54) is 0 Å². The van der Waals surface area contributed by atoms with Gasteiger partial charge in [-0.05, 0) is 37.1 Å². The van der Waals surface area contributed by atoms with E-state index >= 15 is 0 Å². The van der Waals surface area contributed by atoms with Crippen LogP contribution in [-0.4, -0.2) is 23.2 Å². The van der Waals surface area contributed by atoms with E-state index in [4.69, 9.17) is 0 Å². The van der Waals surface area contributed by atoms with Crippen molar-refractivity contribution in [2.24, 2.45) is 0 Å². The second-order valence-electron chi connectivity index (χ2n) is 4.56. The number of benzene rings is 1. The zero-order valence-corrected chi connectivity index (χ0v) is 10.4. The second-order valence-corrected chi connectivity index (χ2v) is 4.56. The summed E-state index contributed by atoms with van der Waals surface area (Å²) in [6.07, 6.45) is 3.79. The average molecular weight is 253 g/mol. The van der Waals surface area contributed by atoms with Gasteiger partial charge in [0, 0.05) is 23.6 Å². The molecule has 3 rings (SSSR count). The van der Waals surface area contributed by atoms with Crippen LogP contribution in [0.5, 0.6) is 0 Å². The molecule has 17 heavy (non-hydrogen) atoms. The fourth-order valence-electron chi connectivity index (χ4n) is 2.61. The molecule has 0 amide bonds. The van der Waals surface area contributed by atoms with Crippen molar-refractivity contribution >= 4 is 23.3 Å². The molecule has 0 bridgehead atoms. The number of rotatable bonds is 1. The van der Waals surface area contributed by atoms with Crippen molar-refractivity contribution in [3.05, 3.63) is 36.0 Å². The molecular weight excluding hydrogens is 236 g/mol. The van der Waals surface area contributed by atoms with Crippen molar-refractivity contribution < 1.29 is 5.11 Å². The quantitative estimate of drug-likeness (QED) is 0.729. The first kappa shape index (κ1) is 12.4. The number of nitrogens with one attached hydrogen (secondary N) is 2. The smallest absolute Gasteiger partial charge is 0.103 e. The van der Waals surface area contributed by atoms with E-state index in [0.29, 0.717) is 6.54 Å². The lowest BCUT2D eigenvalue weighted by Gasteiger charge is -2.33. The van der Waals surface area contributed by atoms with Gasteiger partial charge >= 0.3 is 0 Å². The number of aromatic amines is 1. The van der Waals surface area contributed by atoms with Gasteiger partial charge in [0.1, 0.15) is 5.60 Å². The van der Waals surface area contributed by atoms with E-state index in [1.807, 2.05) is 30.5 Å². The fourth-order valence-corrected chi connectivity index (χ4v) is 2.61. The first-order chi connectivity index (χ1) is 7.80. The summed E-state index contributed by atoms with van der Waals surface area (Å²) < 4.78 is 0. The van der Waals surface area contributed by atoms with E-state index in [2.05, 4.69) is 10.3 Å². The lowest BCUT2D eigenvalue weighted by molar-refractivity contribution is 0.0137. The maximum Gasteiger partial charge on any atom is 0.103 e. The van der Waals surface area contributed by atoms with E-state index in [9.17, 15) is 5.11 Å². The van der Waals surface area contributed by atoms with E-state index in [0.717, 1.165) is 35.9 Å². The van der Waals surface area contributed by atoms with Crippen molar-refractivity contribution in [3.8, 4) is 0 Å². The van der Waals surface area contributed by atoms with Crippen LogP contribution in [0.1, 0.15) is 18.4 Å². The Labute approximate surface area is 107 Å². The summed E-state index contributed by atoms with van der Waals surface area (Å²) in [4.78, 5) is 3.18. The summed E-state index contributed by atoms with van der Waals surface area (Å²) >= 11 is 0. The Morgan fingerprint density at radius 2 is 2.12 bits per heavy atom. The maximum atomic E-state index is 10.7. The van der Waals surface area contributed by atoms with E-state index < -0.39 is 5.60 Å². The van der Waals surface area contributed by atoms with Crippen molar-refractivity contribution in [3.63, 3.8) is 0 Å². The third kappa shape index (κ3) is 2.06. The van der Waals surface area contributed by atoms with Crippen LogP contribution in [0.15, 0.2) is 30.5 Å². The van der Waals surface area contributed by atoms with Gasteiger partial charge in [0.05, 0.1) is 0 Å². The lowest BCUT2D eigenvalue weighted by atomic mass is 9.85. The normalized spacial score (nSPS) is 24.5. The van der Waals surface area contributed by atoms with Gasteiger partial charge in [-0.3, -0.25) is 0 Å². The molecular formula is C13H17ClN2O. The van der Waals surface area contributed by atoms with E-state index in [1.54, 1.807) is 0 Å². The molecule has 92 valence electrons. The number of aliphatic hydroxyl groups is 1. The average Bonchev–Trinajstić information content (AvgIpc) is 2.77. The minimum Gasteiger partial charge on any atom is -0.384 e. The fraction of sp³-hybridized carbons (Fsp3) is 0.385. The Morgan fingerprint density at radius 1 is 1.24 bits per heavy atom. The third-order valence-electron chi connectivity index (χ3n) is 3.46. The molecule has 3 nitrogen and oxygen atoms in total. The topological polar surface area (TPSA) is 48.0 Å². The summed E-state index contributed by atoms with van der Waals surface area (Å²) in [5, 5.41) is 15.1. The van der Waals surface area contributed by atoms with Crippen molar-refractivity contribution in [2.45, 2.75) is 18.4 Å². The largest absolute Gasteiger partial charge is 0.384 e. The van der Waals surface area contributed by atoms with Gasteiger partial charge in [-0.1, -0.05) is 12.1 Å². The van der Waals surface area contributed by atoms with Crippen molar-refractivity contribution in [1.82, 2.24) is 10.3 Å². The minimum absolute atomic E-state index is 0. The van der Waals surface area contributed by atoms with Gasteiger partial charge in [0.25, 0.3) is 0 Å². The SMILES string of the molecule is Cl.OC1(c2cccc3[nH]ccc23)CCCNC1. The molecule has 1 aliphatic rings. The second kappa shape index (κ2) is 4.69. The molecule has 0 aliphatic carbocycles. The molecule has 1 saturated heterocycles. The number of halogens is 1. The number of β-amino-alcohol motifs (C(OH)–C–C–N with tert-alkyl or cyclic N) is 1. The van der Waals surface area contributed by atoms with Crippen molar-refractivity contribution in [2.75, 3.05) is 13.1 Å². The van der Waals surface area contributed by atoms with Gasteiger partial charge in [0.15, 0.2) is 0 Å². The summed E-state index contributed by atoms with van der Waals surface area (Å²) in [6.45, 7) is 1.66. The van der Waals surface area contributed by atoms with Gasteiger partial charge in [0.2, 0.25) is 0 Å². The Kier molecular flexibility index (Phi) is 3.43. The number of H-pyrrole nitrogens is 1. The molecule has 1 unspecified atom stereocenters. The van der Waals surface area contributed by atoms with E-state index in [-0.39, 0.29) is 12.4 Å². The van der Waals surface area contributed by atoms with Crippen LogP contribution in [0.3, 0.4) is 0 Å². The Balaban J connectivity index is 0.00000108. The Morgan fingerprint density at radius 3 is 2.88 bits per heavy atom. The molecule has 0 spiro atoms. The monoisotopic (exact) mass is 252 g/mol. The highest BCUT2D eigenvalue weighted by Crippen LogP contribution is 2.33. The van der Waals surface area contributed by atoms with Crippen LogP contribution in [0.2, 0.25) is 0 Å².